The summed E-state index contributed by atoms with van der Waals surface area (Å²) in [7, 11) is 0. The number of fused-ring (bicyclic) bond motifs is 5. The van der Waals surface area contributed by atoms with Crippen LogP contribution in [-0.4, -0.2) is 16.7 Å². The molecule has 4 aliphatic rings. The average Bonchev–Trinajstić information content (AvgIpc) is 2.77. The molecule has 0 aliphatic heterocycles. The summed E-state index contributed by atoms with van der Waals surface area (Å²) >= 11 is 0. The Kier molecular flexibility index (Phi) is 2.80. The lowest BCUT2D eigenvalue weighted by Crippen LogP contribution is -2.52. The van der Waals surface area contributed by atoms with Gasteiger partial charge in [-0.15, -0.1) is 0 Å². The normalized spacial score (nSPS) is 47.3. The van der Waals surface area contributed by atoms with Crippen molar-refractivity contribution in [2.45, 2.75) is 52.4 Å². The highest BCUT2D eigenvalue weighted by molar-refractivity contribution is 5.99. The van der Waals surface area contributed by atoms with Crippen molar-refractivity contribution >= 4 is 11.6 Å². The minimum atomic E-state index is -0.456. The monoisotopic (exact) mass is 300 g/mol. The summed E-state index contributed by atoms with van der Waals surface area (Å²) < 4.78 is 0. The van der Waals surface area contributed by atoms with Crippen LogP contribution in [0.2, 0.25) is 0 Å². The number of Topliss-reactive ketones (excluding diaryl/α,β-unsaturated/α-hetero) is 1. The first-order chi connectivity index (χ1) is 10.4. The quantitative estimate of drug-likeness (QED) is 0.741. The fourth-order valence-electron chi connectivity index (χ4n) is 6.07. The van der Waals surface area contributed by atoms with E-state index >= 15 is 0 Å². The van der Waals surface area contributed by atoms with Gasteiger partial charge in [0.05, 0.1) is 5.41 Å². The number of carbonyl (C=O) groups excluding carboxylic acids is 2. The topological polar surface area (TPSA) is 54.4 Å². The molecule has 3 heteroatoms. The van der Waals surface area contributed by atoms with Gasteiger partial charge in [-0.25, -0.2) is 0 Å². The van der Waals surface area contributed by atoms with Crippen LogP contribution in [0, 0.1) is 28.6 Å². The van der Waals surface area contributed by atoms with Gasteiger partial charge in [0.25, 0.3) is 0 Å². The Morgan fingerprint density at radius 1 is 1.05 bits per heavy atom. The van der Waals surface area contributed by atoms with Gasteiger partial charge < -0.3 is 5.11 Å². The zero-order chi connectivity index (χ0) is 15.7. The van der Waals surface area contributed by atoms with Crippen LogP contribution in [0.4, 0.5) is 0 Å². The summed E-state index contributed by atoms with van der Waals surface area (Å²) in [5, 5.41) is 9.77. The zero-order valence-electron chi connectivity index (χ0n) is 13.4. The number of rotatable bonds is 0. The van der Waals surface area contributed by atoms with Gasteiger partial charge in [0.15, 0.2) is 5.78 Å². The molecule has 4 aliphatic carbocycles. The van der Waals surface area contributed by atoms with E-state index in [0.717, 1.165) is 44.1 Å². The summed E-state index contributed by atoms with van der Waals surface area (Å²) in [4.78, 5) is 25.1. The van der Waals surface area contributed by atoms with Gasteiger partial charge in [0, 0.05) is 17.9 Å². The number of aliphatic hydroxyl groups is 1. The Morgan fingerprint density at radius 2 is 1.82 bits per heavy atom. The highest BCUT2D eigenvalue weighted by Crippen LogP contribution is 2.63. The second-order valence-electron chi connectivity index (χ2n) is 8.14. The van der Waals surface area contributed by atoms with E-state index in [9.17, 15) is 14.7 Å². The molecule has 4 rings (SSSR count). The van der Waals surface area contributed by atoms with E-state index < -0.39 is 5.41 Å². The van der Waals surface area contributed by atoms with Crippen molar-refractivity contribution in [2.24, 2.45) is 28.6 Å². The molecule has 22 heavy (non-hydrogen) atoms. The molecule has 0 amide bonds. The highest BCUT2D eigenvalue weighted by atomic mass is 16.3. The first kappa shape index (κ1) is 14.2. The van der Waals surface area contributed by atoms with Gasteiger partial charge in [-0.2, -0.15) is 0 Å². The predicted molar refractivity (Wildman–Crippen MR) is 83.2 cm³/mol. The third-order valence-electron chi connectivity index (χ3n) is 7.41. The molecule has 5 atom stereocenters. The maximum atomic E-state index is 12.7. The lowest BCUT2D eigenvalue weighted by molar-refractivity contribution is -0.136. The Morgan fingerprint density at radius 3 is 2.59 bits per heavy atom. The van der Waals surface area contributed by atoms with Gasteiger partial charge in [-0.3, -0.25) is 9.59 Å². The molecule has 0 bridgehead atoms. The molecule has 3 saturated carbocycles. The minimum Gasteiger partial charge on any atom is -0.508 e. The molecule has 0 spiro atoms. The lowest BCUT2D eigenvalue weighted by Gasteiger charge is -2.55. The molecule has 0 saturated heterocycles. The van der Waals surface area contributed by atoms with Crippen molar-refractivity contribution in [3.05, 3.63) is 23.5 Å². The van der Waals surface area contributed by atoms with Crippen molar-refractivity contribution in [1.82, 2.24) is 0 Å². The predicted octanol–water partition coefficient (Wildman–Crippen LogP) is 3.75. The van der Waals surface area contributed by atoms with E-state index in [4.69, 9.17) is 0 Å². The average molecular weight is 300 g/mol. The SMILES string of the molecule is CC12CCC3C(CCC4=CC(O)=CC(=O)C43C)C1CCC2=O. The zero-order valence-corrected chi connectivity index (χ0v) is 13.4. The Labute approximate surface area is 131 Å². The number of hydrogen-bond acceptors (Lipinski definition) is 3. The molecule has 5 unspecified atom stereocenters. The van der Waals surface area contributed by atoms with Crippen LogP contribution >= 0.6 is 0 Å². The summed E-state index contributed by atoms with van der Waals surface area (Å²) in [6.07, 6.45) is 8.74. The second-order valence-corrected chi connectivity index (χ2v) is 8.14. The summed E-state index contributed by atoms with van der Waals surface area (Å²) in [5.74, 6) is 1.86. The fourth-order valence-corrected chi connectivity index (χ4v) is 6.07. The third-order valence-corrected chi connectivity index (χ3v) is 7.41. The van der Waals surface area contributed by atoms with E-state index in [-0.39, 0.29) is 17.0 Å². The maximum Gasteiger partial charge on any atom is 0.169 e. The van der Waals surface area contributed by atoms with Crippen LogP contribution in [0.15, 0.2) is 23.5 Å². The molecular weight excluding hydrogens is 276 g/mol. The standard InChI is InChI=1S/C19H24O3/c1-18-8-7-15-13(14(18)5-6-16(18)21)4-3-11-9-12(20)10-17(22)19(11,15)2/h9-10,13-15,20H,3-8H2,1-2H3. The molecule has 118 valence electrons. The second kappa shape index (κ2) is 4.33. The van der Waals surface area contributed by atoms with Crippen LogP contribution in [0.3, 0.4) is 0 Å². The molecular formula is C19H24O3. The van der Waals surface area contributed by atoms with Crippen molar-refractivity contribution in [3.8, 4) is 0 Å². The van der Waals surface area contributed by atoms with Crippen molar-refractivity contribution in [3.63, 3.8) is 0 Å². The number of aliphatic hydroxyl groups excluding tert-OH is 1. The van der Waals surface area contributed by atoms with Gasteiger partial charge >= 0.3 is 0 Å². The molecule has 0 aromatic rings. The van der Waals surface area contributed by atoms with Crippen LogP contribution in [-0.2, 0) is 9.59 Å². The summed E-state index contributed by atoms with van der Waals surface area (Å²) in [6, 6.07) is 0. The molecule has 0 radical (unpaired) electrons. The Balaban J connectivity index is 1.74. The van der Waals surface area contributed by atoms with Crippen LogP contribution < -0.4 is 0 Å². The van der Waals surface area contributed by atoms with Crippen LogP contribution in [0.1, 0.15) is 52.4 Å². The number of hydrogen-bond donors (Lipinski definition) is 1. The summed E-state index contributed by atoms with van der Waals surface area (Å²) in [6.45, 7) is 4.23. The smallest absolute Gasteiger partial charge is 0.169 e. The van der Waals surface area contributed by atoms with E-state index in [1.54, 1.807) is 0 Å². The lowest BCUT2D eigenvalue weighted by atomic mass is 9.47. The molecule has 0 aromatic heterocycles. The molecule has 0 aromatic carbocycles. The highest BCUT2D eigenvalue weighted by Gasteiger charge is 2.60. The van der Waals surface area contributed by atoms with E-state index in [1.165, 1.54) is 6.08 Å². The molecule has 3 fully saturated rings. The third kappa shape index (κ3) is 1.57. The fraction of sp³-hybridized carbons (Fsp3) is 0.684. The largest absolute Gasteiger partial charge is 0.508 e. The van der Waals surface area contributed by atoms with Crippen molar-refractivity contribution in [1.29, 1.82) is 0 Å². The molecule has 3 nitrogen and oxygen atoms in total. The van der Waals surface area contributed by atoms with Crippen molar-refractivity contribution in [2.75, 3.05) is 0 Å². The van der Waals surface area contributed by atoms with Crippen LogP contribution in [0.5, 0.6) is 0 Å². The summed E-state index contributed by atoms with van der Waals surface area (Å²) in [5.41, 5.74) is 0.503. The van der Waals surface area contributed by atoms with Crippen LogP contribution in [0.25, 0.3) is 0 Å². The number of allylic oxidation sites excluding steroid dienone is 3. The van der Waals surface area contributed by atoms with Gasteiger partial charge in [0.1, 0.15) is 11.5 Å². The van der Waals surface area contributed by atoms with Gasteiger partial charge in [-0.1, -0.05) is 12.5 Å². The number of carbonyl (C=O) groups is 2. The molecule has 1 N–H and O–H groups in total. The van der Waals surface area contributed by atoms with E-state index in [1.807, 2.05) is 6.08 Å². The Hall–Kier alpha value is -1.38. The van der Waals surface area contributed by atoms with Gasteiger partial charge in [-0.05, 0) is 62.9 Å². The van der Waals surface area contributed by atoms with E-state index in [0.29, 0.717) is 23.5 Å². The number of ketones is 2. The van der Waals surface area contributed by atoms with Crippen molar-refractivity contribution < 1.29 is 14.7 Å². The maximum absolute atomic E-state index is 12.7. The minimum absolute atomic E-state index is 0.0603. The molecule has 0 heterocycles. The first-order valence-electron chi connectivity index (χ1n) is 8.57. The Bertz CT molecular complexity index is 629. The first-order valence-corrected chi connectivity index (χ1v) is 8.57. The van der Waals surface area contributed by atoms with E-state index in [2.05, 4.69) is 13.8 Å². The van der Waals surface area contributed by atoms with Gasteiger partial charge in [0.2, 0.25) is 0 Å².